The van der Waals surface area contributed by atoms with Crippen LogP contribution in [0.1, 0.15) is 55.5 Å². The lowest BCUT2D eigenvalue weighted by Crippen LogP contribution is -2.34. The lowest BCUT2D eigenvalue weighted by atomic mass is 9.97. The number of rotatable bonds is 3. The Morgan fingerprint density at radius 1 is 1.21 bits per heavy atom. The maximum absolute atomic E-state index is 11.7. The van der Waals surface area contributed by atoms with Crippen molar-refractivity contribution in [2.45, 2.75) is 51.0 Å². The number of hydrogen-bond acceptors (Lipinski definition) is 4. The van der Waals surface area contributed by atoms with Crippen molar-refractivity contribution in [2.75, 3.05) is 19.6 Å². The average molecular weight is 398 g/mol. The zero-order chi connectivity index (χ0) is 19.3. The van der Waals surface area contributed by atoms with E-state index >= 15 is 0 Å². The number of nitrogens with zero attached hydrogens (tertiary/aromatic N) is 3. The summed E-state index contributed by atoms with van der Waals surface area (Å²) in [5.41, 5.74) is 2.77. The molecule has 2 fully saturated rings. The van der Waals surface area contributed by atoms with E-state index in [4.69, 9.17) is 4.98 Å². The third kappa shape index (κ3) is 3.44. The molecule has 1 aromatic carbocycles. The summed E-state index contributed by atoms with van der Waals surface area (Å²) in [6.07, 6.45) is 7.29. The molecule has 0 spiro atoms. The molecular weight excluding hydrogens is 370 g/mol. The van der Waals surface area contributed by atoms with Crippen LogP contribution in [-0.4, -0.2) is 51.7 Å². The van der Waals surface area contributed by atoms with E-state index < -0.39 is 6.09 Å². The zero-order valence-electron chi connectivity index (χ0n) is 16.3. The molecule has 1 aliphatic carbocycles. The van der Waals surface area contributed by atoms with Crippen molar-refractivity contribution in [1.82, 2.24) is 14.8 Å². The largest absolute Gasteiger partial charge is 0.465 e. The molecule has 6 heteroatoms. The van der Waals surface area contributed by atoms with Crippen molar-refractivity contribution in [3.8, 4) is 0 Å². The molecule has 3 aliphatic rings. The predicted molar refractivity (Wildman–Crippen MR) is 113 cm³/mol. The summed E-state index contributed by atoms with van der Waals surface area (Å²) in [6, 6.07) is 7.11. The molecule has 3 heterocycles. The van der Waals surface area contributed by atoms with Gasteiger partial charge in [0.05, 0.1) is 20.9 Å². The van der Waals surface area contributed by atoms with Gasteiger partial charge in [-0.3, -0.25) is 4.90 Å². The number of amides is 1. The third-order valence-corrected chi connectivity index (χ3v) is 7.57. The van der Waals surface area contributed by atoms with Crippen LogP contribution in [0.15, 0.2) is 24.3 Å². The average Bonchev–Trinajstić information content (AvgIpc) is 3.46. The van der Waals surface area contributed by atoms with E-state index in [1.807, 2.05) is 11.3 Å². The minimum absolute atomic E-state index is 0.357. The second kappa shape index (κ2) is 7.16. The molecule has 28 heavy (non-hydrogen) atoms. The van der Waals surface area contributed by atoms with Gasteiger partial charge in [-0.05, 0) is 63.2 Å². The Balaban J connectivity index is 1.38. The first kappa shape index (κ1) is 18.1. The van der Waals surface area contributed by atoms with Gasteiger partial charge in [-0.15, -0.1) is 11.3 Å². The second-order valence-corrected chi connectivity index (χ2v) is 9.66. The molecule has 2 aliphatic heterocycles. The summed E-state index contributed by atoms with van der Waals surface area (Å²) in [5, 5.41) is 10.9. The van der Waals surface area contributed by atoms with E-state index in [2.05, 4.69) is 36.1 Å². The molecule has 1 N–H and O–H groups in total. The van der Waals surface area contributed by atoms with Crippen molar-refractivity contribution >= 4 is 33.3 Å². The van der Waals surface area contributed by atoms with Crippen LogP contribution >= 0.6 is 11.3 Å². The molecule has 1 aromatic heterocycles. The monoisotopic (exact) mass is 397 g/mol. The molecule has 0 unspecified atom stereocenters. The van der Waals surface area contributed by atoms with Gasteiger partial charge >= 0.3 is 6.09 Å². The number of hydrogen-bond donors (Lipinski definition) is 1. The number of likely N-dealkylation sites (tertiary alicyclic amines) is 1. The van der Waals surface area contributed by atoms with Gasteiger partial charge in [0.2, 0.25) is 0 Å². The van der Waals surface area contributed by atoms with Crippen molar-refractivity contribution < 1.29 is 9.90 Å². The molecule has 1 saturated heterocycles. The van der Waals surface area contributed by atoms with E-state index in [1.165, 1.54) is 53.4 Å². The number of piperidine rings is 1. The number of thiazole rings is 1. The summed E-state index contributed by atoms with van der Waals surface area (Å²) >= 11 is 1.81. The Morgan fingerprint density at radius 2 is 2.00 bits per heavy atom. The number of aromatic nitrogens is 1. The molecule has 5 nitrogen and oxygen atoms in total. The maximum atomic E-state index is 11.7. The van der Waals surface area contributed by atoms with E-state index in [0.29, 0.717) is 18.4 Å². The minimum atomic E-state index is -0.876. The number of carboxylic acid groups (broad SMARTS) is 1. The Kier molecular flexibility index (Phi) is 4.63. The fraction of sp³-hybridized carbons (Fsp3) is 0.545. The Morgan fingerprint density at radius 3 is 2.71 bits per heavy atom. The van der Waals surface area contributed by atoms with Gasteiger partial charge in [-0.1, -0.05) is 19.1 Å². The van der Waals surface area contributed by atoms with Crippen LogP contribution in [-0.2, 0) is 0 Å². The fourth-order valence-corrected chi connectivity index (χ4v) is 5.71. The van der Waals surface area contributed by atoms with Crippen molar-refractivity contribution in [3.63, 3.8) is 0 Å². The Hall–Kier alpha value is -1.92. The van der Waals surface area contributed by atoms with E-state index in [-0.39, 0.29) is 0 Å². The SMILES string of the molecule is C[C@H]1CC=C(c2ccc3sc(C4CCN(C5CC5)CC4)nc3c2)N(C(=O)O)C1. The first-order chi connectivity index (χ1) is 13.6. The molecular formula is C22H27N3O2S. The van der Waals surface area contributed by atoms with E-state index in [9.17, 15) is 9.90 Å². The molecule has 1 saturated carbocycles. The van der Waals surface area contributed by atoms with Crippen molar-refractivity contribution in [1.29, 1.82) is 0 Å². The molecule has 5 rings (SSSR count). The Labute approximate surface area is 169 Å². The van der Waals surface area contributed by atoms with E-state index in [1.54, 1.807) is 0 Å². The quantitative estimate of drug-likeness (QED) is 0.792. The summed E-state index contributed by atoms with van der Waals surface area (Å²) in [5.74, 6) is 0.928. The molecule has 148 valence electrons. The topological polar surface area (TPSA) is 56.7 Å². The normalized spacial score (nSPS) is 24.5. The standard InChI is InChI=1S/C22H27N3O2S/c1-14-2-6-19(25(13-14)22(26)27)16-3-7-20-18(12-16)23-21(28-20)15-8-10-24(11-9-15)17-4-5-17/h3,6-7,12,14-15,17H,2,4-5,8-11,13H2,1H3,(H,26,27)/t14-/m0/s1. The van der Waals surface area contributed by atoms with Gasteiger partial charge in [-0.25, -0.2) is 9.78 Å². The van der Waals surface area contributed by atoms with Gasteiger partial charge in [-0.2, -0.15) is 0 Å². The van der Waals surface area contributed by atoms with Crippen LogP contribution in [0, 0.1) is 5.92 Å². The van der Waals surface area contributed by atoms with Gasteiger partial charge in [0.1, 0.15) is 0 Å². The van der Waals surface area contributed by atoms with Gasteiger partial charge in [0, 0.05) is 24.1 Å². The second-order valence-electron chi connectivity index (χ2n) is 8.60. The smallest absolute Gasteiger partial charge is 0.411 e. The maximum Gasteiger partial charge on any atom is 0.411 e. The number of allylic oxidation sites excluding steroid dienone is 1. The lowest BCUT2D eigenvalue weighted by Gasteiger charge is -2.30. The summed E-state index contributed by atoms with van der Waals surface area (Å²) in [4.78, 5) is 20.8. The van der Waals surface area contributed by atoms with Crippen LogP contribution in [0.2, 0.25) is 0 Å². The van der Waals surface area contributed by atoms with E-state index in [0.717, 1.165) is 29.2 Å². The first-order valence-corrected chi connectivity index (χ1v) is 11.3. The van der Waals surface area contributed by atoms with Gasteiger partial charge in [0.15, 0.2) is 0 Å². The van der Waals surface area contributed by atoms with Crippen molar-refractivity contribution in [2.24, 2.45) is 5.92 Å². The highest BCUT2D eigenvalue weighted by atomic mass is 32.1. The molecule has 2 aromatic rings. The predicted octanol–water partition coefficient (Wildman–Crippen LogP) is 5.00. The van der Waals surface area contributed by atoms with Crippen LogP contribution in [0.3, 0.4) is 0 Å². The number of carbonyl (C=O) groups is 1. The highest BCUT2D eigenvalue weighted by molar-refractivity contribution is 7.18. The summed E-state index contributed by atoms with van der Waals surface area (Å²) < 4.78 is 1.20. The van der Waals surface area contributed by atoms with Gasteiger partial charge < -0.3 is 10.0 Å². The summed E-state index contributed by atoms with van der Waals surface area (Å²) in [7, 11) is 0. The fourth-order valence-electron chi connectivity index (χ4n) is 4.59. The van der Waals surface area contributed by atoms with Crippen LogP contribution in [0.5, 0.6) is 0 Å². The highest BCUT2D eigenvalue weighted by Gasteiger charge is 2.33. The number of fused-ring (bicyclic) bond motifs is 1. The summed E-state index contributed by atoms with van der Waals surface area (Å²) in [6.45, 7) is 5.05. The van der Waals surface area contributed by atoms with Crippen LogP contribution < -0.4 is 0 Å². The zero-order valence-corrected chi connectivity index (χ0v) is 17.1. The molecule has 0 bridgehead atoms. The van der Waals surface area contributed by atoms with Crippen molar-refractivity contribution in [3.05, 3.63) is 34.8 Å². The molecule has 0 radical (unpaired) electrons. The lowest BCUT2D eigenvalue weighted by molar-refractivity contribution is 0.159. The third-order valence-electron chi connectivity index (χ3n) is 6.37. The highest BCUT2D eigenvalue weighted by Crippen LogP contribution is 2.38. The Bertz CT molecular complexity index is 925. The first-order valence-electron chi connectivity index (χ1n) is 10.4. The minimum Gasteiger partial charge on any atom is -0.465 e. The van der Waals surface area contributed by atoms with Gasteiger partial charge in [0.25, 0.3) is 0 Å². The molecule has 1 atom stereocenters. The van der Waals surface area contributed by atoms with Crippen LogP contribution in [0.4, 0.5) is 4.79 Å². The molecule has 1 amide bonds. The van der Waals surface area contributed by atoms with Crippen LogP contribution in [0.25, 0.3) is 15.9 Å². The number of benzene rings is 1.